The van der Waals surface area contributed by atoms with Crippen LogP contribution >= 0.6 is 11.3 Å². The van der Waals surface area contributed by atoms with Gasteiger partial charge in [-0.3, -0.25) is 0 Å². The van der Waals surface area contributed by atoms with Gasteiger partial charge in [0.1, 0.15) is 11.1 Å². The molecule has 1 heterocycles. The summed E-state index contributed by atoms with van der Waals surface area (Å²) in [5.74, 6) is 0. The molecule has 3 nitrogen and oxygen atoms in total. The lowest BCUT2D eigenvalue weighted by Crippen LogP contribution is -2.03. The zero-order valence-corrected chi connectivity index (χ0v) is 9.64. The Hall–Kier alpha value is -0.450. The quantitative estimate of drug-likeness (QED) is 0.791. The molecule has 0 saturated heterocycles. The van der Waals surface area contributed by atoms with E-state index in [1.54, 1.807) is 11.3 Å². The molecule has 4 heteroatoms. The normalized spacial score (nSPS) is 13.1. The number of ether oxygens (including phenoxy) is 1. The number of aromatic nitrogens is 1. The van der Waals surface area contributed by atoms with Crippen molar-refractivity contribution in [2.45, 2.75) is 39.3 Å². The number of nitrogens with zero attached hydrogens (tertiary/aromatic N) is 1. The van der Waals surface area contributed by atoms with Crippen LogP contribution < -0.4 is 5.73 Å². The predicted molar refractivity (Wildman–Crippen MR) is 59.3 cm³/mol. The van der Waals surface area contributed by atoms with E-state index < -0.39 is 0 Å². The molecule has 1 aromatic heterocycles. The Morgan fingerprint density at radius 1 is 1.57 bits per heavy atom. The van der Waals surface area contributed by atoms with E-state index >= 15 is 0 Å². The van der Waals surface area contributed by atoms with Gasteiger partial charge in [0.05, 0.1) is 0 Å². The van der Waals surface area contributed by atoms with E-state index in [0.29, 0.717) is 6.54 Å². The van der Waals surface area contributed by atoms with E-state index in [2.05, 4.69) is 11.9 Å². The molecule has 14 heavy (non-hydrogen) atoms. The lowest BCUT2D eigenvalue weighted by Gasteiger charge is -2.12. The summed E-state index contributed by atoms with van der Waals surface area (Å²) in [5.41, 5.74) is 5.54. The van der Waals surface area contributed by atoms with Gasteiger partial charge in [-0.25, -0.2) is 4.98 Å². The van der Waals surface area contributed by atoms with E-state index in [-0.39, 0.29) is 6.10 Å². The van der Waals surface area contributed by atoms with Gasteiger partial charge in [0.25, 0.3) is 0 Å². The molecule has 0 aliphatic carbocycles. The first-order valence-electron chi connectivity index (χ1n) is 5.08. The molecule has 0 aliphatic heterocycles. The molecule has 0 amide bonds. The summed E-state index contributed by atoms with van der Waals surface area (Å²) in [7, 11) is 0. The van der Waals surface area contributed by atoms with E-state index in [0.717, 1.165) is 29.3 Å². The summed E-state index contributed by atoms with van der Waals surface area (Å²) in [6.45, 7) is 5.48. The molecule has 0 fully saturated rings. The van der Waals surface area contributed by atoms with Crippen LogP contribution in [0.5, 0.6) is 0 Å². The minimum absolute atomic E-state index is 0.162. The van der Waals surface area contributed by atoms with Crippen LogP contribution in [0.25, 0.3) is 0 Å². The molecule has 0 saturated carbocycles. The third-order valence-corrected chi connectivity index (χ3v) is 3.08. The third kappa shape index (κ3) is 3.04. The molecule has 1 unspecified atom stereocenters. The Morgan fingerprint density at radius 2 is 2.36 bits per heavy atom. The third-order valence-electron chi connectivity index (χ3n) is 1.97. The van der Waals surface area contributed by atoms with E-state index in [9.17, 15) is 0 Å². The van der Waals surface area contributed by atoms with Gasteiger partial charge in [0.2, 0.25) is 0 Å². The fraction of sp³-hybridized carbons (Fsp3) is 0.700. The summed E-state index contributed by atoms with van der Waals surface area (Å²) >= 11 is 1.66. The van der Waals surface area contributed by atoms with Gasteiger partial charge in [-0.2, -0.15) is 0 Å². The number of nitrogens with two attached hydrogens (primary N) is 1. The Labute approximate surface area is 89.3 Å². The fourth-order valence-corrected chi connectivity index (χ4v) is 2.19. The monoisotopic (exact) mass is 214 g/mol. The lowest BCUT2D eigenvalue weighted by atomic mass is 10.2. The standard InChI is InChI=1S/C10H18N2OS/c1-3-5-9(13-4-2)10-12-7-8(6-11)14-10/h7,9H,3-6,11H2,1-2H3. The average molecular weight is 214 g/mol. The summed E-state index contributed by atoms with van der Waals surface area (Å²) < 4.78 is 5.63. The van der Waals surface area contributed by atoms with E-state index in [4.69, 9.17) is 10.5 Å². The van der Waals surface area contributed by atoms with Gasteiger partial charge in [0, 0.05) is 24.2 Å². The molecule has 0 bridgehead atoms. The van der Waals surface area contributed by atoms with Gasteiger partial charge >= 0.3 is 0 Å². The molecule has 0 aliphatic rings. The Bertz CT molecular complexity index is 256. The predicted octanol–water partition coefficient (Wildman–Crippen LogP) is 2.48. The van der Waals surface area contributed by atoms with E-state index in [1.807, 2.05) is 13.1 Å². The van der Waals surface area contributed by atoms with Crippen molar-refractivity contribution in [3.63, 3.8) is 0 Å². The molecule has 2 N–H and O–H groups in total. The summed E-state index contributed by atoms with van der Waals surface area (Å²) in [6, 6.07) is 0. The van der Waals surface area contributed by atoms with Crippen molar-refractivity contribution < 1.29 is 4.74 Å². The smallest absolute Gasteiger partial charge is 0.122 e. The fourth-order valence-electron chi connectivity index (χ4n) is 1.31. The van der Waals surface area contributed by atoms with Gasteiger partial charge in [-0.1, -0.05) is 13.3 Å². The van der Waals surface area contributed by atoms with Crippen molar-refractivity contribution in [2.75, 3.05) is 6.61 Å². The molecule has 0 spiro atoms. The highest BCUT2D eigenvalue weighted by atomic mass is 32.1. The van der Waals surface area contributed by atoms with E-state index in [1.165, 1.54) is 0 Å². The summed E-state index contributed by atoms with van der Waals surface area (Å²) in [6.07, 6.45) is 4.16. The molecule has 1 atom stereocenters. The minimum atomic E-state index is 0.162. The van der Waals surface area contributed by atoms with Crippen LogP contribution in [0.2, 0.25) is 0 Å². The summed E-state index contributed by atoms with van der Waals surface area (Å²) in [5, 5.41) is 1.06. The average Bonchev–Trinajstić information content (AvgIpc) is 2.65. The maximum atomic E-state index is 5.63. The van der Waals surface area contributed by atoms with Crippen LogP contribution in [0.15, 0.2) is 6.20 Å². The Kier molecular flexibility index (Phi) is 5.07. The number of hydrogen-bond donors (Lipinski definition) is 1. The van der Waals surface area contributed by atoms with Gasteiger partial charge < -0.3 is 10.5 Å². The molecular formula is C10H18N2OS. The Morgan fingerprint density at radius 3 is 2.86 bits per heavy atom. The van der Waals surface area contributed by atoms with Crippen LogP contribution in [-0.2, 0) is 11.3 Å². The highest BCUT2D eigenvalue weighted by molar-refractivity contribution is 7.11. The van der Waals surface area contributed by atoms with Crippen LogP contribution in [0.1, 0.15) is 42.7 Å². The second-order valence-electron chi connectivity index (χ2n) is 3.10. The van der Waals surface area contributed by atoms with Crippen LogP contribution in [0.3, 0.4) is 0 Å². The largest absolute Gasteiger partial charge is 0.371 e. The molecule has 0 aromatic carbocycles. The highest BCUT2D eigenvalue weighted by Crippen LogP contribution is 2.26. The maximum absolute atomic E-state index is 5.63. The Balaban J connectivity index is 2.65. The first-order valence-corrected chi connectivity index (χ1v) is 5.89. The van der Waals surface area contributed by atoms with Crippen molar-refractivity contribution in [2.24, 2.45) is 5.73 Å². The number of hydrogen-bond acceptors (Lipinski definition) is 4. The van der Waals surface area contributed by atoms with Crippen LogP contribution in [0, 0.1) is 0 Å². The zero-order chi connectivity index (χ0) is 10.4. The molecular weight excluding hydrogens is 196 g/mol. The van der Waals surface area contributed by atoms with Gasteiger partial charge in [-0.15, -0.1) is 11.3 Å². The second kappa shape index (κ2) is 6.11. The molecule has 0 radical (unpaired) electrons. The van der Waals surface area contributed by atoms with Crippen LogP contribution in [0.4, 0.5) is 0 Å². The van der Waals surface area contributed by atoms with Gasteiger partial charge in [0.15, 0.2) is 0 Å². The number of thiazole rings is 1. The zero-order valence-electron chi connectivity index (χ0n) is 8.82. The minimum Gasteiger partial charge on any atom is -0.371 e. The maximum Gasteiger partial charge on any atom is 0.122 e. The lowest BCUT2D eigenvalue weighted by molar-refractivity contribution is 0.0555. The van der Waals surface area contributed by atoms with Gasteiger partial charge in [-0.05, 0) is 13.3 Å². The second-order valence-corrected chi connectivity index (χ2v) is 4.25. The van der Waals surface area contributed by atoms with Crippen molar-refractivity contribution in [3.05, 3.63) is 16.1 Å². The topological polar surface area (TPSA) is 48.1 Å². The molecule has 1 rings (SSSR count). The SMILES string of the molecule is CCCC(OCC)c1ncc(CN)s1. The highest BCUT2D eigenvalue weighted by Gasteiger charge is 2.14. The van der Waals surface area contributed by atoms with Crippen molar-refractivity contribution >= 4 is 11.3 Å². The molecule has 80 valence electrons. The number of rotatable bonds is 6. The first-order chi connectivity index (χ1) is 6.81. The van der Waals surface area contributed by atoms with Crippen LogP contribution in [-0.4, -0.2) is 11.6 Å². The van der Waals surface area contributed by atoms with Crippen molar-refractivity contribution in [3.8, 4) is 0 Å². The first kappa shape index (κ1) is 11.6. The van der Waals surface area contributed by atoms with Crippen molar-refractivity contribution in [1.82, 2.24) is 4.98 Å². The molecule has 1 aromatic rings. The summed E-state index contributed by atoms with van der Waals surface area (Å²) in [4.78, 5) is 5.46. The van der Waals surface area contributed by atoms with Crippen molar-refractivity contribution in [1.29, 1.82) is 0 Å².